The second kappa shape index (κ2) is 8.12. The highest BCUT2D eigenvalue weighted by molar-refractivity contribution is 5.75. The Morgan fingerprint density at radius 3 is 2.48 bits per heavy atom. The monoisotopic (exact) mass is 338 g/mol. The third-order valence-corrected chi connectivity index (χ3v) is 4.84. The number of rotatable bonds is 4. The van der Waals surface area contributed by atoms with Gasteiger partial charge in [-0.3, -0.25) is 4.98 Å². The lowest BCUT2D eigenvalue weighted by atomic mass is 10.0. The van der Waals surface area contributed by atoms with Crippen LogP contribution >= 0.6 is 0 Å². The minimum absolute atomic E-state index is 0.0472. The molecule has 5 heteroatoms. The number of piperidine rings is 1. The molecule has 1 aromatic heterocycles. The van der Waals surface area contributed by atoms with Gasteiger partial charge in [0.1, 0.15) is 6.04 Å². The van der Waals surface area contributed by atoms with E-state index in [1.165, 1.54) is 0 Å². The summed E-state index contributed by atoms with van der Waals surface area (Å²) in [5.74, 6) is 0. The van der Waals surface area contributed by atoms with Crippen molar-refractivity contribution < 1.29 is 4.79 Å². The summed E-state index contributed by atoms with van der Waals surface area (Å²) in [6, 6.07) is 15.9. The van der Waals surface area contributed by atoms with Crippen molar-refractivity contribution in [3.05, 3.63) is 66.0 Å². The fraction of sp³-hybridized carbons (Fsp3) is 0.400. The second-order valence-electron chi connectivity index (χ2n) is 6.71. The Kier molecular flexibility index (Phi) is 5.66. The Morgan fingerprint density at radius 2 is 1.84 bits per heavy atom. The van der Waals surface area contributed by atoms with Crippen molar-refractivity contribution in [2.24, 2.45) is 0 Å². The van der Waals surface area contributed by atoms with Gasteiger partial charge in [0, 0.05) is 19.3 Å². The summed E-state index contributed by atoms with van der Waals surface area (Å²) in [7, 11) is 3.97. The molecule has 1 saturated heterocycles. The molecule has 1 aliphatic rings. The van der Waals surface area contributed by atoms with E-state index in [2.05, 4.69) is 22.2 Å². The van der Waals surface area contributed by atoms with Gasteiger partial charge in [-0.1, -0.05) is 36.4 Å². The molecule has 0 unspecified atom stereocenters. The van der Waals surface area contributed by atoms with Gasteiger partial charge in [-0.15, -0.1) is 0 Å². The predicted octanol–water partition coefficient (Wildman–Crippen LogP) is 2.91. The van der Waals surface area contributed by atoms with Gasteiger partial charge >= 0.3 is 6.03 Å². The summed E-state index contributed by atoms with van der Waals surface area (Å²) < 4.78 is 0. The Morgan fingerprint density at radius 1 is 1.16 bits per heavy atom. The van der Waals surface area contributed by atoms with Gasteiger partial charge in [-0.25, -0.2) is 4.79 Å². The molecule has 0 spiro atoms. The lowest BCUT2D eigenvalue weighted by Crippen LogP contribution is -2.48. The molecule has 1 fully saturated rings. The molecule has 25 heavy (non-hydrogen) atoms. The van der Waals surface area contributed by atoms with Crippen molar-refractivity contribution in [2.45, 2.75) is 24.9 Å². The molecule has 1 aromatic carbocycles. The van der Waals surface area contributed by atoms with E-state index in [1.54, 1.807) is 11.1 Å². The van der Waals surface area contributed by atoms with Gasteiger partial charge in [-0.05, 0) is 50.7 Å². The van der Waals surface area contributed by atoms with Crippen molar-refractivity contribution in [2.75, 3.05) is 27.2 Å². The standard InChI is InChI=1S/C20H26N4O/c1-23-14-11-17(12-15-23)22-20(25)24(2)19(16-8-4-3-5-9-16)18-10-6-7-13-21-18/h3-10,13,17,19H,11-12,14-15H2,1-2H3,(H,22,25)/t19-/m1/s1. The van der Waals surface area contributed by atoms with Crippen LogP contribution in [-0.2, 0) is 0 Å². The SMILES string of the molecule is CN1CCC(NC(=O)N(C)[C@H](c2ccccc2)c2ccccn2)CC1. The zero-order valence-electron chi connectivity index (χ0n) is 14.9. The number of likely N-dealkylation sites (tertiary alicyclic amines) is 1. The number of aromatic nitrogens is 1. The third-order valence-electron chi connectivity index (χ3n) is 4.84. The third kappa shape index (κ3) is 4.37. The Balaban J connectivity index is 1.77. The van der Waals surface area contributed by atoms with Crippen LogP contribution in [0.5, 0.6) is 0 Å². The molecule has 1 atom stereocenters. The first-order chi connectivity index (χ1) is 12.1. The number of nitrogens with zero attached hydrogens (tertiary/aromatic N) is 3. The van der Waals surface area contributed by atoms with E-state index in [0.717, 1.165) is 37.2 Å². The van der Waals surface area contributed by atoms with Crippen LogP contribution in [0.2, 0.25) is 0 Å². The maximum Gasteiger partial charge on any atom is 0.318 e. The van der Waals surface area contributed by atoms with Crippen LogP contribution in [0.15, 0.2) is 54.7 Å². The van der Waals surface area contributed by atoms with Gasteiger partial charge in [0.05, 0.1) is 5.69 Å². The van der Waals surface area contributed by atoms with Crippen LogP contribution in [0, 0.1) is 0 Å². The molecular weight excluding hydrogens is 312 g/mol. The van der Waals surface area contributed by atoms with Crippen LogP contribution in [-0.4, -0.2) is 54.0 Å². The molecule has 3 rings (SSSR count). The lowest BCUT2D eigenvalue weighted by molar-refractivity contribution is 0.180. The summed E-state index contributed by atoms with van der Waals surface area (Å²) in [4.78, 5) is 21.4. The van der Waals surface area contributed by atoms with Crippen molar-refractivity contribution in [1.82, 2.24) is 20.1 Å². The summed E-state index contributed by atoms with van der Waals surface area (Å²) in [6.07, 6.45) is 3.76. The molecule has 2 heterocycles. The van der Waals surface area contributed by atoms with E-state index in [9.17, 15) is 4.79 Å². The summed E-state index contributed by atoms with van der Waals surface area (Å²) in [6.45, 7) is 2.05. The molecule has 0 aliphatic carbocycles. The van der Waals surface area contributed by atoms with E-state index in [0.29, 0.717) is 0 Å². The van der Waals surface area contributed by atoms with E-state index in [-0.39, 0.29) is 18.1 Å². The molecule has 1 N–H and O–H groups in total. The van der Waals surface area contributed by atoms with Gasteiger partial charge in [0.25, 0.3) is 0 Å². The van der Waals surface area contributed by atoms with Crippen LogP contribution in [0.4, 0.5) is 4.79 Å². The zero-order valence-corrected chi connectivity index (χ0v) is 14.9. The van der Waals surface area contributed by atoms with Gasteiger partial charge in [0.15, 0.2) is 0 Å². The Bertz CT molecular complexity index is 629. The van der Waals surface area contributed by atoms with Crippen molar-refractivity contribution in [3.63, 3.8) is 0 Å². The normalized spacial score (nSPS) is 17.0. The first kappa shape index (κ1) is 17.4. The summed E-state index contributed by atoms with van der Waals surface area (Å²) in [5, 5.41) is 3.19. The molecule has 0 saturated carbocycles. The smallest absolute Gasteiger partial charge is 0.318 e. The van der Waals surface area contributed by atoms with Gasteiger partial charge < -0.3 is 15.1 Å². The van der Waals surface area contributed by atoms with E-state index in [1.807, 2.05) is 55.6 Å². The number of hydrogen-bond acceptors (Lipinski definition) is 3. The zero-order chi connectivity index (χ0) is 17.6. The lowest BCUT2D eigenvalue weighted by Gasteiger charge is -2.33. The fourth-order valence-electron chi connectivity index (χ4n) is 3.31. The van der Waals surface area contributed by atoms with Crippen molar-refractivity contribution >= 4 is 6.03 Å². The maximum atomic E-state index is 12.9. The van der Waals surface area contributed by atoms with Crippen LogP contribution in [0.1, 0.15) is 30.1 Å². The molecule has 5 nitrogen and oxygen atoms in total. The Labute approximate surface area is 149 Å². The highest BCUT2D eigenvalue weighted by Gasteiger charge is 2.27. The highest BCUT2D eigenvalue weighted by atomic mass is 16.2. The number of amides is 2. The number of nitrogens with one attached hydrogen (secondary N) is 1. The molecule has 0 bridgehead atoms. The number of hydrogen-bond donors (Lipinski definition) is 1. The topological polar surface area (TPSA) is 48.5 Å². The van der Waals surface area contributed by atoms with Gasteiger partial charge in [-0.2, -0.15) is 0 Å². The van der Waals surface area contributed by atoms with E-state index >= 15 is 0 Å². The van der Waals surface area contributed by atoms with Gasteiger partial charge in [0.2, 0.25) is 0 Å². The van der Waals surface area contributed by atoms with Crippen LogP contribution < -0.4 is 5.32 Å². The molecular formula is C20H26N4O. The molecule has 2 aromatic rings. The number of carbonyl (C=O) groups excluding carboxylic acids is 1. The van der Waals surface area contributed by atoms with E-state index in [4.69, 9.17) is 0 Å². The number of benzene rings is 1. The summed E-state index contributed by atoms with van der Waals surface area (Å²) in [5.41, 5.74) is 1.93. The number of urea groups is 1. The van der Waals surface area contributed by atoms with Crippen LogP contribution in [0.3, 0.4) is 0 Å². The molecule has 2 amide bonds. The van der Waals surface area contributed by atoms with Crippen LogP contribution in [0.25, 0.3) is 0 Å². The molecule has 0 radical (unpaired) electrons. The Hall–Kier alpha value is -2.40. The second-order valence-corrected chi connectivity index (χ2v) is 6.71. The maximum absolute atomic E-state index is 12.9. The van der Waals surface area contributed by atoms with Crippen molar-refractivity contribution in [3.8, 4) is 0 Å². The molecule has 132 valence electrons. The quantitative estimate of drug-likeness (QED) is 0.932. The predicted molar refractivity (Wildman–Crippen MR) is 99.3 cm³/mol. The molecule has 1 aliphatic heterocycles. The summed E-state index contributed by atoms with van der Waals surface area (Å²) >= 11 is 0. The average molecular weight is 338 g/mol. The fourth-order valence-corrected chi connectivity index (χ4v) is 3.31. The number of pyridine rings is 1. The highest BCUT2D eigenvalue weighted by Crippen LogP contribution is 2.26. The largest absolute Gasteiger partial charge is 0.335 e. The minimum atomic E-state index is -0.200. The average Bonchev–Trinajstić information content (AvgIpc) is 2.65. The number of carbonyl (C=O) groups is 1. The van der Waals surface area contributed by atoms with Crippen molar-refractivity contribution in [1.29, 1.82) is 0 Å². The first-order valence-corrected chi connectivity index (χ1v) is 8.83. The first-order valence-electron chi connectivity index (χ1n) is 8.83. The van der Waals surface area contributed by atoms with E-state index < -0.39 is 0 Å². The minimum Gasteiger partial charge on any atom is -0.335 e.